The summed E-state index contributed by atoms with van der Waals surface area (Å²) in [4.78, 5) is 16.5. The first-order valence-corrected chi connectivity index (χ1v) is 9.60. The van der Waals surface area contributed by atoms with Crippen LogP contribution in [0.2, 0.25) is 0 Å². The molecule has 0 saturated carbocycles. The molecule has 2 N–H and O–H groups in total. The van der Waals surface area contributed by atoms with Crippen molar-refractivity contribution < 1.29 is 4.74 Å². The Morgan fingerprint density at radius 1 is 1.07 bits per heavy atom. The molecule has 0 bridgehead atoms. The molecule has 0 unspecified atom stereocenters. The summed E-state index contributed by atoms with van der Waals surface area (Å²) in [5, 5.41) is 4.31. The fraction of sp³-hybridized carbons (Fsp3) is 0.333. The summed E-state index contributed by atoms with van der Waals surface area (Å²) in [7, 11) is 5.35. The topological polar surface area (TPSA) is 81.5 Å². The van der Waals surface area contributed by atoms with Gasteiger partial charge in [-0.25, -0.2) is 0 Å². The van der Waals surface area contributed by atoms with Crippen LogP contribution in [0.1, 0.15) is 0 Å². The molecule has 1 fully saturated rings. The van der Waals surface area contributed by atoms with Crippen LogP contribution in [0.15, 0.2) is 47.5 Å². The highest BCUT2D eigenvalue weighted by atomic mass is 16.5. The minimum absolute atomic E-state index is 0.00654. The fourth-order valence-corrected chi connectivity index (χ4v) is 3.86. The number of rotatable bonds is 4. The van der Waals surface area contributed by atoms with Crippen LogP contribution >= 0.6 is 0 Å². The summed E-state index contributed by atoms with van der Waals surface area (Å²) in [6.45, 7) is 3.28. The van der Waals surface area contributed by atoms with Gasteiger partial charge < -0.3 is 20.3 Å². The quantitative estimate of drug-likeness (QED) is 0.679. The molecule has 0 spiro atoms. The highest BCUT2D eigenvalue weighted by molar-refractivity contribution is 5.83. The van der Waals surface area contributed by atoms with E-state index in [1.165, 1.54) is 0 Å². The van der Waals surface area contributed by atoms with Crippen molar-refractivity contribution in [1.29, 1.82) is 0 Å². The molecule has 1 aromatic carbocycles. The summed E-state index contributed by atoms with van der Waals surface area (Å²) in [5.41, 5.74) is 9.94. The summed E-state index contributed by atoms with van der Waals surface area (Å²) in [6, 6.07) is 9.35. The summed E-state index contributed by atoms with van der Waals surface area (Å²) >= 11 is 0. The second-order valence-electron chi connectivity index (χ2n) is 7.27. The number of hydrogen-bond acceptors (Lipinski definition) is 6. The molecule has 152 valence electrons. The van der Waals surface area contributed by atoms with Gasteiger partial charge in [-0.3, -0.25) is 14.0 Å². The molecule has 3 heterocycles. The number of aromatic nitrogens is 3. The summed E-state index contributed by atoms with van der Waals surface area (Å²) in [6.07, 6.45) is 3.83. The number of nitrogen functional groups attached to an aromatic ring is 1. The van der Waals surface area contributed by atoms with Crippen LogP contribution < -0.4 is 25.8 Å². The normalized spacial score (nSPS) is 14.3. The molecule has 0 amide bonds. The molecular formula is C21H26N6O2. The van der Waals surface area contributed by atoms with Gasteiger partial charge in [-0.1, -0.05) is 6.07 Å². The second kappa shape index (κ2) is 7.54. The first-order chi connectivity index (χ1) is 14.0. The van der Waals surface area contributed by atoms with Crippen LogP contribution in [-0.4, -0.2) is 47.6 Å². The number of nitrogens with zero attached hydrogens (tertiary/aromatic N) is 5. The Kier molecular flexibility index (Phi) is 4.92. The molecule has 3 aromatic rings. The monoisotopic (exact) mass is 394 g/mol. The lowest BCUT2D eigenvalue weighted by Gasteiger charge is -2.38. The third-order valence-corrected chi connectivity index (χ3v) is 5.47. The Bertz CT molecular complexity index is 1080. The van der Waals surface area contributed by atoms with Crippen molar-refractivity contribution in [3.8, 4) is 16.9 Å². The number of methoxy groups -OCH3 is 1. The summed E-state index contributed by atoms with van der Waals surface area (Å²) < 4.78 is 8.95. The Morgan fingerprint density at radius 3 is 2.45 bits per heavy atom. The average Bonchev–Trinajstić information content (AvgIpc) is 3.16. The van der Waals surface area contributed by atoms with Gasteiger partial charge in [-0.05, 0) is 12.1 Å². The number of anilines is 3. The molecule has 1 aliphatic rings. The van der Waals surface area contributed by atoms with E-state index in [9.17, 15) is 4.79 Å². The number of aryl methyl sites for hydroxylation is 1. The second-order valence-corrected chi connectivity index (χ2v) is 7.27. The van der Waals surface area contributed by atoms with E-state index in [0.717, 1.165) is 48.8 Å². The number of benzene rings is 1. The maximum absolute atomic E-state index is 12.0. The minimum atomic E-state index is 0.00654. The predicted molar refractivity (Wildman–Crippen MR) is 116 cm³/mol. The average molecular weight is 394 g/mol. The largest absolute Gasteiger partial charge is 0.495 e. The van der Waals surface area contributed by atoms with E-state index in [4.69, 9.17) is 10.5 Å². The fourth-order valence-electron chi connectivity index (χ4n) is 3.86. The molecule has 0 radical (unpaired) electrons. The lowest BCUT2D eigenvalue weighted by molar-refractivity contribution is 0.417. The van der Waals surface area contributed by atoms with Crippen molar-refractivity contribution in [3.63, 3.8) is 0 Å². The molecule has 0 atom stereocenters. The first-order valence-electron chi connectivity index (χ1n) is 9.60. The van der Waals surface area contributed by atoms with Gasteiger partial charge in [0.2, 0.25) is 0 Å². The highest BCUT2D eigenvalue weighted by Crippen LogP contribution is 2.38. The smallest absolute Gasteiger partial charge is 0.251 e. The zero-order chi connectivity index (χ0) is 20.5. The Balaban J connectivity index is 1.64. The van der Waals surface area contributed by atoms with Crippen molar-refractivity contribution >= 4 is 17.2 Å². The van der Waals surface area contributed by atoms with E-state index in [-0.39, 0.29) is 5.56 Å². The Hall–Kier alpha value is -3.42. The van der Waals surface area contributed by atoms with E-state index in [1.807, 2.05) is 50.8 Å². The molecule has 4 rings (SSSR count). The van der Waals surface area contributed by atoms with Crippen LogP contribution in [0.4, 0.5) is 17.2 Å². The lowest BCUT2D eigenvalue weighted by Crippen LogP contribution is -2.48. The number of piperazine rings is 1. The van der Waals surface area contributed by atoms with E-state index in [0.29, 0.717) is 11.4 Å². The van der Waals surface area contributed by atoms with E-state index < -0.39 is 0 Å². The van der Waals surface area contributed by atoms with Crippen molar-refractivity contribution in [2.45, 2.75) is 0 Å². The van der Waals surface area contributed by atoms with Crippen molar-refractivity contribution in [2.24, 2.45) is 14.1 Å². The van der Waals surface area contributed by atoms with Gasteiger partial charge in [0.1, 0.15) is 11.6 Å². The van der Waals surface area contributed by atoms with Gasteiger partial charge in [-0.2, -0.15) is 5.10 Å². The number of ether oxygens (including phenoxy) is 1. The van der Waals surface area contributed by atoms with Gasteiger partial charge in [0.15, 0.2) is 0 Å². The van der Waals surface area contributed by atoms with Crippen molar-refractivity contribution in [1.82, 2.24) is 14.3 Å². The van der Waals surface area contributed by atoms with Gasteiger partial charge in [0, 0.05) is 75.4 Å². The van der Waals surface area contributed by atoms with Gasteiger partial charge in [0.05, 0.1) is 19.0 Å². The van der Waals surface area contributed by atoms with Gasteiger partial charge in [-0.15, -0.1) is 0 Å². The Morgan fingerprint density at radius 2 is 1.79 bits per heavy atom. The molecule has 1 saturated heterocycles. The van der Waals surface area contributed by atoms with E-state index >= 15 is 0 Å². The van der Waals surface area contributed by atoms with E-state index in [1.54, 1.807) is 22.4 Å². The number of pyridine rings is 1. The van der Waals surface area contributed by atoms with Crippen LogP contribution in [0.25, 0.3) is 11.1 Å². The maximum atomic E-state index is 12.0. The lowest BCUT2D eigenvalue weighted by atomic mass is 10.0. The van der Waals surface area contributed by atoms with Crippen LogP contribution in [0, 0.1) is 0 Å². The highest BCUT2D eigenvalue weighted by Gasteiger charge is 2.23. The maximum Gasteiger partial charge on any atom is 0.251 e. The molecule has 2 aromatic heterocycles. The third kappa shape index (κ3) is 3.53. The molecule has 8 nitrogen and oxygen atoms in total. The van der Waals surface area contributed by atoms with Gasteiger partial charge >= 0.3 is 0 Å². The zero-order valence-corrected chi connectivity index (χ0v) is 17.0. The zero-order valence-electron chi connectivity index (χ0n) is 17.0. The molecule has 0 aliphatic carbocycles. The molecular weight excluding hydrogens is 368 g/mol. The standard InChI is InChI=1S/C21H26N6O2/c1-24-14-15(13-23-24)16-11-17(22)19(29-3)12-18(16)26-7-9-27(10-8-26)20-5-4-6-21(28)25(20)2/h4-6,11-14H,7-10,22H2,1-3H3. The summed E-state index contributed by atoms with van der Waals surface area (Å²) in [5.74, 6) is 1.61. The Labute approximate surface area is 169 Å². The van der Waals surface area contributed by atoms with Crippen LogP contribution in [0.3, 0.4) is 0 Å². The number of hydrogen-bond donors (Lipinski definition) is 1. The SMILES string of the molecule is COc1cc(N2CCN(c3cccc(=O)n3C)CC2)c(-c2cnn(C)c2)cc1N. The molecule has 1 aliphatic heterocycles. The first kappa shape index (κ1) is 18.9. The predicted octanol–water partition coefficient (Wildman–Crippen LogP) is 1.70. The molecule has 29 heavy (non-hydrogen) atoms. The third-order valence-electron chi connectivity index (χ3n) is 5.47. The van der Waals surface area contributed by atoms with E-state index in [2.05, 4.69) is 14.9 Å². The van der Waals surface area contributed by atoms with Crippen molar-refractivity contribution in [3.05, 3.63) is 53.1 Å². The van der Waals surface area contributed by atoms with Gasteiger partial charge in [0.25, 0.3) is 5.56 Å². The molecule has 8 heteroatoms. The minimum Gasteiger partial charge on any atom is -0.495 e. The number of nitrogens with two attached hydrogens (primary N) is 1. The van der Waals surface area contributed by atoms with Crippen LogP contribution in [-0.2, 0) is 14.1 Å². The van der Waals surface area contributed by atoms with Crippen molar-refractivity contribution in [2.75, 3.05) is 48.8 Å². The van der Waals surface area contributed by atoms with Crippen LogP contribution in [0.5, 0.6) is 5.75 Å².